The van der Waals surface area contributed by atoms with E-state index in [0.29, 0.717) is 17.8 Å². The Morgan fingerprint density at radius 3 is 2.66 bits per heavy atom. The Bertz CT molecular complexity index is 766. The van der Waals surface area contributed by atoms with Crippen molar-refractivity contribution in [1.29, 1.82) is 0 Å². The van der Waals surface area contributed by atoms with Crippen LogP contribution in [0.5, 0.6) is 0 Å². The smallest absolute Gasteiger partial charge is 0.338 e. The molecule has 3 rings (SSSR count). The second kappa shape index (κ2) is 10.1. The number of carbonyl (C=O) groups excluding carboxylic acids is 2. The van der Waals surface area contributed by atoms with Gasteiger partial charge in [0.25, 0.3) is 0 Å². The van der Waals surface area contributed by atoms with Gasteiger partial charge < -0.3 is 20.3 Å². The van der Waals surface area contributed by atoms with Crippen molar-refractivity contribution < 1.29 is 14.3 Å². The second-order valence-corrected chi connectivity index (χ2v) is 8.23. The zero-order valence-electron chi connectivity index (χ0n) is 17.4. The number of nitrogens with one attached hydrogen (secondary N) is 2. The molecule has 0 saturated carbocycles. The van der Waals surface area contributed by atoms with Crippen molar-refractivity contribution >= 4 is 23.8 Å². The Hall–Kier alpha value is -2.03. The molecule has 1 aromatic carbocycles. The molecule has 8 heteroatoms. The number of carbonyl (C=O) groups is 2. The van der Waals surface area contributed by atoms with Gasteiger partial charge in [0, 0.05) is 30.2 Å². The first kappa shape index (κ1) is 21.7. The molecule has 1 atom stereocenters. The number of likely N-dealkylation sites (N-methyl/N-ethyl adjacent to an activating group) is 1. The van der Waals surface area contributed by atoms with E-state index in [1.807, 2.05) is 30.5 Å². The largest absolute Gasteiger partial charge is 0.463 e. The average molecular weight is 419 g/mol. The lowest BCUT2D eigenvalue weighted by Crippen LogP contribution is -2.48. The number of amides is 2. The molecule has 158 valence electrons. The van der Waals surface area contributed by atoms with Crippen LogP contribution in [-0.4, -0.2) is 74.4 Å². The summed E-state index contributed by atoms with van der Waals surface area (Å²) in [6.45, 7) is 6.45. The van der Waals surface area contributed by atoms with Crippen molar-refractivity contribution in [3.8, 4) is 0 Å². The molecule has 0 bridgehead atoms. The summed E-state index contributed by atoms with van der Waals surface area (Å²) in [5.74, 6) is -0.388. The predicted octanol–water partition coefficient (Wildman–Crippen LogP) is 2.22. The average Bonchev–Trinajstić information content (AvgIpc) is 2.92. The Morgan fingerprint density at radius 2 is 1.97 bits per heavy atom. The highest BCUT2D eigenvalue weighted by molar-refractivity contribution is 7.98. The van der Waals surface area contributed by atoms with Crippen LogP contribution in [0.1, 0.15) is 24.9 Å². The summed E-state index contributed by atoms with van der Waals surface area (Å²) in [7, 11) is 2.12. The summed E-state index contributed by atoms with van der Waals surface area (Å²) in [5.41, 5.74) is 1.99. The molecule has 0 aliphatic carbocycles. The van der Waals surface area contributed by atoms with Crippen molar-refractivity contribution in [3.63, 3.8) is 0 Å². The van der Waals surface area contributed by atoms with Crippen LogP contribution < -0.4 is 10.6 Å². The highest BCUT2D eigenvalue weighted by Gasteiger charge is 2.34. The highest BCUT2D eigenvalue weighted by Crippen LogP contribution is 2.29. The third kappa shape index (κ3) is 5.52. The summed E-state index contributed by atoms with van der Waals surface area (Å²) in [5, 5.41) is 5.78. The Balaban J connectivity index is 1.93. The topological polar surface area (TPSA) is 73.9 Å². The van der Waals surface area contributed by atoms with E-state index in [9.17, 15) is 9.59 Å². The molecule has 2 heterocycles. The number of ether oxygens (including phenoxy) is 1. The molecule has 2 aliphatic heterocycles. The minimum atomic E-state index is -0.525. The van der Waals surface area contributed by atoms with Gasteiger partial charge in [-0.2, -0.15) is 0 Å². The number of benzene rings is 1. The molecule has 1 saturated heterocycles. The molecule has 0 unspecified atom stereocenters. The third-order valence-electron chi connectivity index (χ3n) is 5.29. The van der Waals surface area contributed by atoms with Crippen LogP contribution in [0.25, 0.3) is 0 Å². The van der Waals surface area contributed by atoms with Gasteiger partial charge in [0.1, 0.15) is 0 Å². The van der Waals surface area contributed by atoms with Gasteiger partial charge in [0.05, 0.1) is 18.2 Å². The van der Waals surface area contributed by atoms with E-state index < -0.39 is 6.04 Å². The zero-order chi connectivity index (χ0) is 20.8. The van der Waals surface area contributed by atoms with Crippen LogP contribution in [0.4, 0.5) is 4.79 Å². The molecule has 2 amide bonds. The van der Waals surface area contributed by atoms with Crippen LogP contribution in [0.2, 0.25) is 0 Å². The van der Waals surface area contributed by atoms with Gasteiger partial charge in [0.15, 0.2) is 0 Å². The molecule has 1 fully saturated rings. The lowest BCUT2D eigenvalue weighted by molar-refractivity contribution is -0.139. The first-order valence-electron chi connectivity index (χ1n) is 10.0. The van der Waals surface area contributed by atoms with E-state index in [2.05, 4.69) is 27.5 Å². The molecule has 0 aromatic heterocycles. The normalized spacial score (nSPS) is 21.3. The molecule has 0 radical (unpaired) electrons. The number of esters is 1. The van der Waals surface area contributed by atoms with Gasteiger partial charge >= 0.3 is 12.0 Å². The lowest BCUT2D eigenvalue weighted by Gasteiger charge is -2.32. The van der Waals surface area contributed by atoms with Gasteiger partial charge in [-0.25, -0.2) is 9.59 Å². The van der Waals surface area contributed by atoms with Crippen molar-refractivity contribution in [1.82, 2.24) is 20.4 Å². The summed E-state index contributed by atoms with van der Waals surface area (Å²) < 4.78 is 5.36. The van der Waals surface area contributed by atoms with Gasteiger partial charge in [-0.3, -0.25) is 4.90 Å². The summed E-state index contributed by atoms with van der Waals surface area (Å²) >= 11 is 1.65. The molecule has 29 heavy (non-hydrogen) atoms. The quantitative estimate of drug-likeness (QED) is 0.545. The molecule has 1 aromatic rings. The van der Waals surface area contributed by atoms with Crippen LogP contribution in [-0.2, 0) is 9.53 Å². The Kier molecular flexibility index (Phi) is 7.57. The fourth-order valence-electron chi connectivity index (χ4n) is 3.72. The standard InChI is InChI=1S/C21H30N4O3S/c1-4-28-20(26)18-17(14-25-11-5-10-24(2)12-13-25)22-21(27)23-19(18)15-6-8-16(29-3)9-7-15/h6-9,19H,4-5,10-14H2,1-3H3,(H2,22,23,27)/t19-/m1/s1. The van der Waals surface area contributed by atoms with Crippen molar-refractivity contribution in [3.05, 3.63) is 41.1 Å². The number of hydrogen-bond donors (Lipinski definition) is 2. The fraction of sp³-hybridized carbons (Fsp3) is 0.524. The number of thioether (sulfide) groups is 1. The van der Waals surface area contributed by atoms with Gasteiger partial charge in [0.2, 0.25) is 0 Å². The highest BCUT2D eigenvalue weighted by atomic mass is 32.2. The van der Waals surface area contributed by atoms with Crippen LogP contribution in [0, 0.1) is 0 Å². The Labute approximate surface area is 176 Å². The fourth-order valence-corrected chi connectivity index (χ4v) is 4.13. The number of hydrogen-bond acceptors (Lipinski definition) is 6. The van der Waals surface area contributed by atoms with Crippen molar-refractivity contribution in [2.75, 3.05) is 52.6 Å². The monoisotopic (exact) mass is 418 g/mol. The van der Waals surface area contributed by atoms with E-state index in [0.717, 1.165) is 43.1 Å². The zero-order valence-corrected chi connectivity index (χ0v) is 18.2. The number of nitrogens with zero attached hydrogens (tertiary/aromatic N) is 2. The minimum Gasteiger partial charge on any atom is -0.463 e. The summed E-state index contributed by atoms with van der Waals surface area (Å²) in [6, 6.07) is 7.10. The maximum absolute atomic E-state index is 12.9. The minimum absolute atomic E-state index is 0.288. The predicted molar refractivity (Wildman–Crippen MR) is 115 cm³/mol. The van der Waals surface area contributed by atoms with E-state index >= 15 is 0 Å². The van der Waals surface area contributed by atoms with Gasteiger partial charge in [-0.15, -0.1) is 11.8 Å². The Morgan fingerprint density at radius 1 is 1.21 bits per heavy atom. The molecular weight excluding hydrogens is 388 g/mol. The number of urea groups is 1. The van der Waals surface area contributed by atoms with Gasteiger partial charge in [-0.1, -0.05) is 12.1 Å². The first-order chi connectivity index (χ1) is 14.0. The molecule has 2 N–H and O–H groups in total. The van der Waals surface area contributed by atoms with Crippen molar-refractivity contribution in [2.45, 2.75) is 24.3 Å². The van der Waals surface area contributed by atoms with E-state index in [-0.39, 0.29) is 18.6 Å². The maximum Gasteiger partial charge on any atom is 0.338 e. The second-order valence-electron chi connectivity index (χ2n) is 7.35. The number of rotatable bonds is 6. The van der Waals surface area contributed by atoms with E-state index in [1.54, 1.807) is 18.7 Å². The van der Waals surface area contributed by atoms with Crippen LogP contribution in [0.15, 0.2) is 40.4 Å². The maximum atomic E-state index is 12.9. The molecule has 2 aliphatic rings. The van der Waals surface area contributed by atoms with Crippen LogP contribution >= 0.6 is 11.8 Å². The molecule has 0 spiro atoms. The van der Waals surface area contributed by atoms with Gasteiger partial charge in [-0.05, 0) is 57.4 Å². The SMILES string of the molecule is CCOC(=O)C1=C(CN2CCCN(C)CC2)NC(=O)N[C@@H]1c1ccc(SC)cc1. The van der Waals surface area contributed by atoms with E-state index in [1.165, 1.54) is 0 Å². The third-order valence-corrected chi connectivity index (χ3v) is 6.04. The summed E-state index contributed by atoms with van der Waals surface area (Å²) in [6.07, 6.45) is 3.08. The summed E-state index contributed by atoms with van der Waals surface area (Å²) in [4.78, 5) is 31.0. The lowest BCUT2D eigenvalue weighted by atomic mass is 9.95. The van der Waals surface area contributed by atoms with Crippen LogP contribution in [0.3, 0.4) is 0 Å². The molecular formula is C21H30N4O3S. The van der Waals surface area contributed by atoms with E-state index in [4.69, 9.17) is 4.74 Å². The van der Waals surface area contributed by atoms with Crippen molar-refractivity contribution in [2.24, 2.45) is 0 Å². The first-order valence-corrected chi connectivity index (χ1v) is 11.3. The molecule has 7 nitrogen and oxygen atoms in total.